The van der Waals surface area contributed by atoms with Gasteiger partial charge in [0.15, 0.2) is 0 Å². The molecule has 0 radical (unpaired) electrons. The summed E-state index contributed by atoms with van der Waals surface area (Å²) < 4.78 is 10.5. The van der Waals surface area contributed by atoms with Crippen molar-refractivity contribution in [2.75, 3.05) is 7.11 Å². The fraction of sp³-hybridized carbons (Fsp3) is 0.0714. The van der Waals surface area contributed by atoms with Crippen LogP contribution >= 0.6 is 11.6 Å². The monoisotopic (exact) mass is 304 g/mol. The lowest BCUT2D eigenvalue weighted by molar-refractivity contribution is -0.385. The van der Waals surface area contributed by atoms with E-state index in [0.29, 0.717) is 5.75 Å². The van der Waals surface area contributed by atoms with E-state index in [1.165, 1.54) is 37.4 Å². The molecular formula is C14H9ClN2O4. The van der Waals surface area contributed by atoms with Crippen molar-refractivity contribution in [1.29, 1.82) is 5.26 Å². The van der Waals surface area contributed by atoms with Crippen LogP contribution in [0.25, 0.3) is 0 Å². The number of nitriles is 1. The summed E-state index contributed by atoms with van der Waals surface area (Å²) in [6.45, 7) is 0. The third kappa shape index (κ3) is 3.04. The molecule has 0 aliphatic rings. The third-order valence-electron chi connectivity index (χ3n) is 2.66. The van der Waals surface area contributed by atoms with Gasteiger partial charge in [-0.15, -0.1) is 0 Å². The Kier molecular flexibility index (Phi) is 4.26. The quantitative estimate of drug-likeness (QED) is 0.631. The summed E-state index contributed by atoms with van der Waals surface area (Å²) in [6.07, 6.45) is 0. The van der Waals surface area contributed by atoms with Crippen molar-refractivity contribution < 1.29 is 14.4 Å². The highest BCUT2D eigenvalue weighted by Gasteiger charge is 2.20. The number of methoxy groups -OCH3 is 1. The molecule has 0 saturated heterocycles. The second-order valence-corrected chi connectivity index (χ2v) is 4.33. The van der Waals surface area contributed by atoms with E-state index < -0.39 is 4.92 Å². The van der Waals surface area contributed by atoms with Gasteiger partial charge in [0.2, 0.25) is 5.75 Å². The number of nitro benzene ring substituents is 1. The van der Waals surface area contributed by atoms with Crippen LogP contribution < -0.4 is 9.47 Å². The summed E-state index contributed by atoms with van der Waals surface area (Å²) >= 11 is 5.95. The zero-order chi connectivity index (χ0) is 15.4. The minimum atomic E-state index is -0.604. The van der Waals surface area contributed by atoms with E-state index in [9.17, 15) is 10.1 Å². The summed E-state index contributed by atoms with van der Waals surface area (Å²) in [4.78, 5) is 10.4. The Hall–Kier alpha value is -2.78. The van der Waals surface area contributed by atoms with Crippen LogP contribution in [0.2, 0.25) is 5.02 Å². The van der Waals surface area contributed by atoms with Crippen molar-refractivity contribution in [3.63, 3.8) is 0 Å². The molecule has 0 atom stereocenters. The highest BCUT2D eigenvalue weighted by molar-refractivity contribution is 6.32. The predicted octanol–water partition coefficient (Wildman–Crippen LogP) is 3.92. The summed E-state index contributed by atoms with van der Waals surface area (Å²) in [5, 5.41) is 20.2. The lowest BCUT2D eigenvalue weighted by atomic mass is 10.2. The normalized spacial score (nSPS) is 9.76. The molecule has 2 aromatic rings. The largest absolute Gasteiger partial charge is 0.497 e. The zero-order valence-corrected chi connectivity index (χ0v) is 11.6. The molecule has 0 saturated carbocycles. The van der Waals surface area contributed by atoms with Gasteiger partial charge in [0.25, 0.3) is 0 Å². The number of rotatable bonds is 4. The van der Waals surface area contributed by atoms with E-state index in [-0.39, 0.29) is 27.8 Å². The second kappa shape index (κ2) is 6.11. The minimum Gasteiger partial charge on any atom is -0.497 e. The Morgan fingerprint density at radius 2 is 2.10 bits per heavy atom. The second-order valence-electron chi connectivity index (χ2n) is 3.92. The molecule has 2 rings (SSSR count). The predicted molar refractivity (Wildman–Crippen MR) is 75.9 cm³/mol. The Bertz CT molecular complexity index is 740. The van der Waals surface area contributed by atoms with Crippen molar-refractivity contribution in [3.05, 3.63) is 57.1 Å². The van der Waals surface area contributed by atoms with Crippen molar-refractivity contribution in [2.24, 2.45) is 0 Å². The maximum Gasteiger partial charge on any atom is 0.313 e. The van der Waals surface area contributed by atoms with Gasteiger partial charge in [-0.3, -0.25) is 10.1 Å². The van der Waals surface area contributed by atoms with E-state index in [4.69, 9.17) is 26.3 Å². The molecule has 106 valence electrons. The van der Waals surface area contributed by atoms with E-state index in [2.05, 4.69) is 0 Å². The van der Waals surface area contributed by atoms with Crippen LogP contribution in [0, 0.1) is 21.4 Å². The Balaban J connectivity index is 2.53. The first-order valence-electron chi connectivity index (χ1n) is 5.75. The summed E-state index contributed by atoms with van der Waals surface area (Å²) in [5.74, 6) is 0.473. The first kappa shape index (κ1) is 14.6. The smallest absolute Gasteiger partial charge is 0.313 e. The van der Waals surface area contributed by atoms with E-state index in [0.717, 1.165) is 0 Å². The van der Waals surface area contributed by atoms with Crippen LogP contribution in [0.5, 0.6) is 17.2 Å². The van der Waals surface area contributed by atoms with Crippen molar-refractivity contribution >= 4 is 17.3 Å². The molecule has 0 aromatic heterocycles. The fourth-order valence-corrected chi connectivity index (χ4v) is 1.87. The average Bonchev–Trinajstić information content (AvgIpc) is 2.48. The van der Waals surface area contributed by atoms with Gasteiger partial charge in [-0.2, -0.15) is 5.26 Å². The SMILES string of the molecule is COc1ccc(C#N)c(Oc2c(Cl)cccc2[N+](=O)[O-])c1. The number of halogens is 1. The standard InChI is InChI=1S/C14H9ClN2O4/c1-20-10-6-5-9(8-16)13(7-10)21-14-11(15)3-2-4-12(14)17(18)19/h2-7H,1H3. The molecule has 7 heteroatoms. The molecule has 0 aliphatic heterocycles. The number of benzene rings is 2. The van der Waals surface area contributed by atoms with Gasteiger partial charge >= 0.3 is 5.69 Å². The van der Waals surface area contributed by atoms with Gasteiger partial charge in [-0.05, 0) is 18.2 Å². The summed E-state index contributed by atoms with van der Waals surface area (Å²) in [6, 6.07) is 10.7. The highest BCUT2D eigenvalue weighted by atomic mass is 35.5. The molecule has 0 spiro atoms. The fourth-order valence-electron chi connectivity index (χ4n) is 1.66. The van der Waals surface area contributed by atoms with Crippen LogP contribution in [0.3, 0.4) is 0 Å². The molecular weight excluding hydrogens is 296 g/mol. The minimum absolute atomic E-state index is 0.0795. The Morgan fingerprint density at radius 1 is 1.33 bits per heavy atom. The number of para-hydroxylation sites is 1. The lowest BCUT2D eigenvalue weighted by Crippen LogP contribution is -1.96. The molecule has 0 N–H and O–H groups in total. The van der Waals surface area contributed by atoms with E-state index in [1.54, 1.807) is 6.07 Å². The first-order chi connectivity index (χ1) is 10.1. The number of hydrogen-bond acceptors (Lipinski definition) is 5. The number of ether oxygens (including phenoxy) is 2. The van der Waals surface area contributed by atoms with Gasteiger partial charge in [-0.1, -0.05) is 17.7 Å². The van der Waals surface area contributed by atoms with Gasteiger partial charge in [0, 0.05) is 12.1 Å². The van der Waals surface area contributed by atoms with E-state index >= 15 is 0 Å². The number of nitro groups is 1. The van der Waals surface area contributed by atoms with Gasteiger partial charge in [-0.25, -0.2) is 0 Å². The number of nitrogens with zero attached hydrogens (tertiary/aromatic N) is 2. The van der Waals surface area contributed by atoms with Crippen LogP contribution in [0.15, 0.2) is 36.4 Å². The van der Waals surface area contributed by atoms with Crippen LogP contribution in [-0.4, -0.2) is 12.0 Å². The van der Waals surface area contributed by atoms with Gasteiger partial charge in [0.05, 0.1) is 22.6 Å². The molecule has 0 amide bonds. The van der Waals surface area contributed by atoms with Crippen LogP contribution in [-0.2, 0) is 0 Å². The van der Waals surface area contributed by atoms with Crippen LogP contribution in [0.1, 0.15) is 5.56 Å². The first-order valence-corrected chi connectivity index (χ1v) is 6.13. The molecule has 0 unspecified atom stereocenters. The topological polar surface area (TPSA) is 85.4 Å². The Labute approximate surface area is 125 Å². The lowest BCUT2D eigenvalue weighted by Gasteiger charge is -2.10. The molecule has 0 fully saturated rings. The Morgan fingerprint density at radius 3 is 2.71 bits per heavy atom. The van der Waals surface area contributed by atoms with E-state index in [1.807, 2.05) is 6.07 Å². The molecule has 6 nitrogen and oxygen atoms in total. The zero-order valence-electron chi connectivity index (χ0n) is 10.9. The average molecular weight is 305 g/mol. The molecule has 0 aliphatic carbocycles. The van der Waals surface area contributed by atoms with Crippen molar-refractivity contribution in [3.8, 4) is 23.3 Å². The highest BCUT2D eigenvalue weighted by Crippen LogP contribution is 2.39. The van der Waals surface area contributed by atoms with Gasteiger partial charge < -0.3 is 9.47 Å². The summed E-state index contributed by atoms with van der Waals surface area (Å²) in [7, 11) is 1.46. The van der Waals surface area contributed by atoms with Crippen molar-refractivity contribution in [2.45, 2.75) is 0 Å². The molecule has 0 heterocycles. The van der Waals surface area contributed by atoms with Crippen molar-refractivity contribution in [1.82, 2.24) is 0 Å². The van der Waals surface area contributed by atoms with Crippen LogP contribution in [0.4, 0.5) is 5.69 Å². The number of hydrogen-bond donors (Lipinski definition) is 0. The summed E-state index contributed by atoms with van der Waals surface area (Å²) in [5.41, 5.74) is -0.0702. The maximum atomic E-state index is 11.0. The molecule has 2 aromatic carbocycles. The third-order valence-corrected chi connectivity index (χ3v) is 2.96. The van der Waals surface area contributed by atoms with Gasteiger partial charge in [0.1, 0.15) is 17.6 Å². The molecule has 21 heavy (non-hydrogen) atoms. The molecule has 0 bridgehead atoms. The maximum absolute atomic E-state index is 11.0.